The Kier molecular flexibility index (Phi) is 4.95. The second-order valence-corrected chi connectivity index (χ2v) is 4.93. The first-order chi connectivity index (χ1) is 10.0. The predicted octanol–water partition coefficient (Wildman–Crippen LogP) is 3.44. The molecule has 0 unspecified atom stereocenters. The van der Waals surface area contributed by atoms with Crippen LogP contribution in [-0.2, 0) is 9.53 Å². The zero-order valence-corrected chi connectivity index (χ0v) is 12.2. The third-order valence-electron chi connectivity index (χ3n) is 2.75. The fourth-order valence-corrected chi connectivity index (χ4v) is 1.76. The van der Waals surface area contributed by atoms with Gasteiger partial charge in [0, 0.05) is 10.7 Å². The third kappa shape index (κ3) is 4.61. The summed E-state index contributed by atoms with van der Waals surface area (Å²) < 4.78 is 4.95. The van der Waals surface area contributed by atoms with Crippen LogP contribution in [0.25, 0.3) is 0 Å². The first-order valence-corrected chi connectivity index (χ1v) is 6.71. The molecule has 2 aromatic rings. The van der Waals surface area contributed by atoms with E-state index in [9.17, 15) is 9.59 Å². The van der Waals surface area contributed by atoms with Gasteiger partial charge in [0.2, 0.25) is 0 Å². The molecule has 0 radical (unpaired) electrons. The van der Waals surface area contributed by atoms with Crippen molar-refractivity contribution in [3.63, 3.8) is 0 Å². The van der Waals surface area contributed by atoms with E-state index in [1.165, 1.54) is 0 Å². The molecule has 1 N–H and O–H groups in total. The summed E-state index contributed by atoms with van der Waals surface area (Å²) in [6, 6.07) is 13.6. The van der Waals surface area contributed by atoms with Crippen LogP contribution in [0.2, 0.25) is 5.02 Å². The van der Waals surface area contributed by atoms with E-state index < -0.39 is 11.9 Å². The normalized spacial score (nSPS) is 10.0. The van der Waals surface area contributed by atoms with Crippen molar-refractivity contribution in [2.24, 2.45) is 0 Å². The molecule has 0 aliphatic heterocycles. The van der Waals surface area contributed by atoms with Crippen LogP contribution in [0.15, 0.2) is 48.5 Å². The minimum atomic E-state index is -0.527. The van der Waals surface area contributed by atoms with E-state index in [1.54, 1.807) is 36.4 Å². The van der Waals surface area contributed by atoms with E-state index in [0.717, 1.165) is 5.56 Å². The molecule has 0 aliphatic carbocycles. The Morgan fingerprint density at radius 3 is 2.29 bits per heavy atom. The molecule has 0 bridgehead atoms. The Labute approximate surface area is 127 Å². The zero-order chi connectivity index (χ0) is 15.2. The molecule has 0 saturated carbocycles. The maximum Gasteiger partial charge on any atom is 0.338 e. The average molecular weight is 304 g/mol. The molecule has 0 spiro atoms. The van der Waals surface area contributed by atoms with Crippen LogP contribution in [0.4, 0.5) is 5.69 Å². The summed E-state index contributed by atoms with van der Waals surface area (Å²) >= 11 is 5.75. The Bertz CT molecular complexity index is 636. The van der Waals surface area contributed by atoms with Gasteiger partial charge >= 0.3 is 5.97 Å². The number of amides is 1. The fourth-order valence-electron chi connectivity index (χ4n) is 1.63. The van der Waals surface area contributed by atoms with Gasteiger partial charge in [-0.25, -0.2) is 4.79 Å². The van der Waals surface area contributed by atoms with Gasteiger partial charge in [0.05, 0.1) is 5.56 Å². The van der Waals surface area contributed by atoms with Gasteiger partial charge in [-0.1, -0.05) is 29.3 Å². The summed E-state index contributed by atoms with van der Waals surface area (Å²) in [7, 11) is 0. The van der Waals surface area contributed by atoms with Crippen molar-refractivity contribution in [1.82, 2.24) is 0 Å². The van der Waals surface area contributed by atoms with Gasteiger partial charge in [0.25, 0.3) is 5.91 Å². The Balaban J connectivity index is 1.84. The van der Waals surface area contributed by atoms with E-state index >= 15 is 0 Å². The molecule has 108 valence electrons. The fraction of sp³-hybridized carbons (Fsp3) is 0.125. The third-order valence-corrected chi connectivity index (χ3v) is 3.00. The van der Waals surface area contributed by atoms with Crippen molar-refractivity contribution in [3.8, 4) is 0 Å². The number of benzene rings is 2. The van der Waals surface area contributed by atoms with Gasteiger partial charge in [-0.2, -0.15) is 0 Å². The Morgan fingerprint density at radius 1 is 1.05 bits per heavy atom. The maximum absolute atomic E-state index is 11.7. The van der Waals surface area contributed by atoms with E-state index in [1.807, 2.05) is 19.1 Å². The number of hydrogen-bond acceptors (Lipinski definition) is 3. The first kappa shape index (κ1) is 15.1. The van der Waals surface area contributed by atoms with Gasteiger partial charge in [-0.15, -0.1) is 0 Å². The van der Waals surface area contributed by atoms with Crippen LogP contribution < -0.4 is 5.32 Å². The number of rotatable bonds is 4. The second kappa shape index (κ2) is 6.90. The van der Waals surface area contributed by atoms with Crippen LogP contribution in [0.3, 0.4) is 0 Å². The number of halogens is 1. The molecular weight excluding hydrogens is 290 g/mol. The van der Waals surface area contributed by atoms with E-state index in [2.05, 4.69) is 5.32 Å². The number of nitrogens with one attached hydrogen (secondary N) is 1. The summed E-state index contributed by atoms with van der Waals surface area (Å²) in [5.74, 6) is -0.931. The van der Waals surface area contributed by atoms with Crippen LogP contribution in [-0.4, -0.2) is 18.5 Å². The van der Waals surface area contributed by atoms with E-state index in [0.29, 0.717) is 16.3 Å². The maximum atomic E-state index is 11.7. The number of carbonyl (C=O) groups excluding carboxylic acids is 2. The van der Waals surface area contributed by atoms with Crippen molar-refractivity contribution in [1.29, 1.82) is 0 Å². The molecule has 0 fully saturated rings. The summed E-state index contributed by atoms with van der Waals surface area (Å²) in [4.78, 5) is 23.4. The monoisotopic (exact) mass is 303 g/mol. The Hall–Kier alpha value is -2.33. The quantitative estimate of drug-likeness (QED) is 0.880. The van der Waals surface area contributed by atoms with Gasteiger partial charge in [-0.3, -0.25) is 4.79 Å². The topological polar surface area (TPSA) is 55.4 Å². The highest BCUT2D eigenvalue weighted by atomic mass is 35.5. The van der Waals surface area contributed by atoms with Crippen LogP contribution in [0.1, 0.15) is 15.9 Å². The highest BCUT2D eigenvalue weighted by Gasteiger charge is 2.10. The summed E-state index contributed by atoms with van der Waals surface area (Å²) in [6.45, 7) is 1.59. The lowest BCUT2D eigenvalue weighted by Gasteiger charge is -2.07. The molecule has 0 aliphatic rings. The smallest absolute Gasteiger partial charge is 0.338 e. The van der Waals surface area contributed by atoms with E-state index in [4.69, 9.17) is 16.3 Å². The molecule has 0 aromatic heterocycles. The molecular formula is C16H14ClNO3. The summed E-state index contributed by atoms with van der Waals surface area (Å²) in [5, 5.41) is 3.19. The Morgan fingerprint density at radius 2 is 1.67 bits per heavy atom. The number of carbonyl (C=O) groups is 2. The molecule has 2 rings (SSSR count). The number of esters is 1. The lowest BCUT2D eigenvalue weighted by molar-refractivity contribution is -0.119. The molecule has 0 heterocycles. The first-order valence-electron chi connectivity index (χ1n) is 6.34. The minimum Gasteiger partial charge on any atom is -0.452 e. The standard InChI is InChI=1S/C16H14ClNO3/c1-11-2-4-12(5-3-11)16(20)21-10-15(19)18-14-8-6-13(17)7-9-14/h2-9H,10H2,1H3,(H,18,19). The number of hydrogen-bond donors (Lipinski definition) is 1. The molecule has 0 atom stereocenters. The van der Waals surface area contributed by atoms with E-state index in [-0.39, 0.29) is 6.61 Å². The predicted molar refractivity (Wildman–Crippen MR) is 81.5 cm³/mol. The lowest BCUT2D eigenvalue weighted by Crippen LogP contribution is -2.20. The zero-order valence-electron chi connectivity index (χ0n) is 11.4. The van der Waals surface area contributed by atoms with Crippen LogP contribution >= 0.6 is 11.6 Å². The van der Waals surface area contributed by atoms with Crippen molar-refractivity contribution in [2.75, 3.05) is 11.9 Å². The van der Waals surface area contributed by atoms with Crippen molar-refractivity contribution >= 4 is 29.2 Å². The van der Waals surface area contributed by atoms with Crippen molar-refractivity contribution < 1.29 is 14.3 Å². The summed E-state index contributed by atoms with van der Waals surface area (Å²) in [5.41, 5.74) is 2.06. The summed E-state index contributed by atoms with van der Waals surface area (Å²) in [6.07, 6.45) is 0. The van der Waals surface area contributed by atoms with Gasteiger partial charge in [-0.05, 0) is 43.3 Å². The van der Waals surface area contributed by atoms with Gasteiger partial charge in [0.1, 0.15) is 0 Å². The molecule has 1 amide bonds. The van der Waals surface area contributed by atoms with Crippen LogP contribution in [0, 0.1) is 6.92 Å². The SMILES string of the molecule is Cc1ccc(C(=O)OCC(=O)Nc2ccc(Cl)cc2)cc1. The lowest BCUT2D eigenvalue weighted by atomic mass is 10.1. The molecule has 2 aromatic carbocycles. The van der Waals surface area contributed by atoms with Gasteiger partial charge < -0.3 is 10.1 Å². The van der Waals surface area contributed by atoms with Gasteiger partial charge in [0.15, 0.2) is 6.61 Å². The number of aryl methyl sites for hydroxylation is 1. The number of ether oxygens (including phenoxy) is 1. The minimum absolute atomic E-state index is 0.338. The molecule has 0 saturated heterocycles. The molecule has 21 heavy (non-hydrogen) atoms. The molecule has 5 heteroatoms. The van der Waals surface area contributed by atoms with Crippen molar-refractivity contribution in [2.45, 2.75) is 6.92 Å². The second-order valence-electron chi connectivity index (χ2n) is 4.50. The highest BCUT2D eigenvalue weighted by Crippen LogP contribution is 2.13. The van der Waals surface area contributed by atoms with Crippen molar-refractivity contribution in [3.05, 3.63) is 64.7 Å². The average Bonchev–Trinajstić information content (AvgIpc) is 2.48. The highest BCUT2D eigenvalue weighted by molar-refractivity contribution is 6.30. The largest absolute Gasteiger partial charge is 0.452 e. The molecule has 4 nitrogen and oxygen atoms in total. The number of anilines is 1. The van der Waals surface area contributed by atoms with Crippen LogP contribution in [0.5, 0.6) is 0 Å².